The molecule has 3 aromatic rings. The van der Waals surface area contributed by atoms with Crippen LogP contribution in [0.15, 0.2) is 42.9 Å². The van der Waals surface area contributed by atoms with Crippen molar-refractivity contribution in [1.29, 1.82) is 0 Å². The molecule has 0 saturated carbocycles. The van der Waals surface area contributed by atoms with Crippen LogP contribution in [0, 0.1) is 13.8 Å². The molecule has 3 heterocycles. The van der Waals surface area contributed by atoms with Gasteiger partial charge in [0.1, 0.15) is 0 Å². The normalized spacial score (nSPS) is 10.8. The lowest BCUT2D eigenvalue weighted by Crippen LogP contribution is -1.88. The largest absolute Gasteiger partial charge is 0.264 e. The molecule has 3 heteroatoms. The molecule has 88 valence electrons. The Morgan fingerprint density at radius 3 is 2.50 bits per heavy atom. The maximum Gasteiger partial charge on any atom is 0.0896 e. The first-order valence-electron chi connectivity index (χ1n) is 5.88. The molecular formula is C15H13N3. The van der Waals surface area contributed by atoms with Crippen LogP contribution in [0.5, 0.6) is 0 Å². The van der Waals surface area contributed by atoms with Gasteiger partial charge in [0, 0.05) is 35.4 Å². The van der Waals surface area contributed by atoms with E-state index in [1.54, 1.807) is 0 Å². The van der Waals surface area contributed by atoms with Gasteiger partial charge in [0.05, 0.1) is 11.0 Å². The molecule has 0 radical (unpaired) electrons. The molecule has 0 aromatic carbocycles. The standard InChI is InChI=1S/C15H13N3/c1-10-5-12(8-16-7-10)13-6-15-14(17-9-13)4-3-11(2)18-15/h3-9H,1-2H3. The van der Waals surface area contributed by atoms with Crippen molar-refractivity contribution in [3.63, 3.8) is 0 Å². The highest BCUT2D eigenvalue weighted by atomic mass is 14.8. The Bertz CT molecular complexity index is 720. The van der Waals surface area contributed by atoms with Gasteiger partial charge >= 0.3 is 0 Å². The molecule has 0 aliphatic rings. The molecule has 0 fully saturated rings. The van der Waals surface area contributed by atoms with Crippen LogP contribution in [0.3, 0.4) is 0 Å². The SMILES string of the molecule is Cc1cncc(-c2cnc3ccc(C)nc3c2)c1. The van der Waals surface area contributed by atoms with Gasteiger partial charge in [-0.3, -0.25) is 15.0 Å². The quantitative estimate of drug-likeness (QED) is 0.649. The van der Waals surface area contributed by atoms with Crippen molar-refractivity contribution in [2.24, 2.45) is 0 Å². The fourth-order valence-corrected chi connectivity index (χ4v) is 1.98. The van der Waals surface area contributed by atoms with Gasteiger partial charge in [0.25, 0.3) is 0 Å². The molecule has 0 atom stereocenters. The lowest BCUT2D eigenvalue weighted by Gasteiger charge is -2.04. The van der Waals surface area contributed by atoms with Crippen molar-refractivity contribution in [3.05, 3.63) is 54.1 Å². The second kappa shape index (κ2) is 4.18. The van der Waals surface area contributed by atoms with E-state index in [-0.39, 0.29) is 0 Å². The summed E-state index contributed by atoms with van der Waals surface area (Å²) in [5, 5.41) is 0. The van der Waals surface area contributed by atoms with Crippen LogP contribution in [0.2, 0.25) is 0 Å². The van der Waals surface area contributed by atoms with Gasteiger partial charge in [-0.1, -0.05) is 0 Å². The van der Waals surface area contributed by atoms with E-state index in [4.69, 9.17) is 0 Å². The van der Waals surface area contributed by atoms with Crippen molar-refractivity contribution in [2.45, 2.75) is 13.8 Å². The molecule has 0 spiro atoms. The molecule has 0 unspecified atom stereocenters. The van der Waals surface area contributed by atoms with Crippen LogP contribution in [0.25, 0.3) is 22.2 Å². The smallest absolute Gasteiger partial charge is 0.0896 e. The Morgan fingerprint density at radius 1 is 0.833 bits per heavy atom. The van der Waals surface area contributed by atoms with Crippen LogP contribution in [0.4, 0.5) is 0 Å². The van der Waals surface area contributed by atoms with Crippen molar-refractivity contribution >= 4 is 11.0 Å². The van der Waals surface area contributed by atoms with Gasteiger partial charge in [-0.25, -0.2) is 0 Å². The molecule has 0 bridgehead atoms. The Labute approximate surface area is 106 Å². The predicted octanol–water partition coefficient (Wildman–Crippen LogP) is 3.31. The maximum atomic E-state index is 4.50. The summed E-state index contributed by atoms with van der Waals surface area (Å²) in [4.78, 5) is 13.1. The highest BCUT2D eigenvalue weighted by Crippen LogP contribution is 2.21. The van der Waals surface area contributed by atoms with Crippen LogP contribution in [0.1, 0.15) is 11.3 Å². The third-order valence-corrected chi connectivity index (χ3v) is 2.88. The minimum absolute atomic E-state index is 0.921. The Kier molecular flexibility index (Phi) is 2.52. The number of rotatable bonds is 1. The minimum Gasteiger partial charge on any atom is -0.264 e. The van der Waals surface area contributed by atoms with Crippen LogP contribution < -0.4 is 0 Å². The number of fused-ring (bicyclic) bond motifs is 1. The Balaban J connectivity index is 2.18. The molecule has 0 aliphatic carbocycles. The third-order valence-electron chi connectivity index (χ3n) is 2.88. The average molecular weight is 235 g/mol. The fraction of sp³-hybridized carbons (Fsp3) is 0.133. The van der Waals surface area contributed by atoms with Gasteiger partial charge in [0.2, 0.25) is 0 Å². The summed E-state index contributed by atoms with van der Waals surface area (Å²) in [7, 11) is 0. The fourth-order valence-electron chi connectivity index (χ4n) is 1.98. The zero-order valence-corrected chi connectivity index (χ0v) is 10.4. The van der Waals surface area contributed by atoms with E-state index in [1.807, 2.05) is 44.6 Å². The predicted molar refractivity (Wildman–Crippen MR) is 72.2 cm³/mol. The summed E-state index contributed by atoms with van der Waals surface area (Å²) in [6.45, 7) is 4.02. The van der Waals surface area contributed by atoms with E-state index in [9.17, 15) is 0 Å². The number of hydrogen-bond acceptors (Lipinski definition) is 3. The van der Waals surface area contributed by atoms with Gasteiger partial charge in [0.15, 0.2) is 0 Å². The maximum absolute atomic E-state index is 4.50. The first-order valence-corrected chi connectivity index (χ1v) is 5.88. The highest BCUT2D eigenvalue weighted by Gasteiger charge is 2.02. The molecule has 18 heavy (non-hydrogen) atoms. The zero-order valence-electron chi connectivity index (χ0n) is 10.4. The Hall–Kier alpha value is -2.29. The van der Waals surface area contributed by atoms with Crippen molar-refractivity contribution in [3.8, 4) is 11.1 Å². The second-order valence-electron chi connectivity index (χ2n) is 4.47. The van der Waals surface area contributed by atoms with E-state index in [0.29, 0.717) is 0 Å². The van der Waals surface area contributed by atoms with Gasteiger partial charge in [-0.2, -0.15) is 0 Å². The topological polar surface area (TPSA) is 38.7 Å². The first kappa shape index (κ1) is 10.8. The van der Waals surface area contributed by atoms with E-state index < -0.39 is 0 Å². The summed E-state index contributed by atoms with van der Waals surface area (Å²) in [5.74, 6) is 0. The van der Waals surface area contributed by atoms with E-state index in [2.05, 4.69) is 27.1 Å². The molecule has 0 aliphatic heterocycles. The second-order valence-corrected chi connectivity index (χ2v) is 4.47. The minimum atomic E-state index is 0.921. The summed E-state index contributed by atoms with van der Waals surface area (Å²) < 4.78 is 0. The van der Waals surface area contributed by atoms with Crippen molar-refractivity contribution in [1.82, 2.24) is 15.0 Å². The molecule has 3 nitrogen and oxygen atoms in total. The summed E-state index contributed by atoms with van der Waals surface area (Å²) in [6.07, 6.45) is 5.57. The summed E-state index contributed by atoms with van der Waals surface area (Å²) in [5.41, 5.74) is 6.12. The molecule has 3 rings (SSSR count). The van der Waals surface area contributed by atoms with E-state index in [1.165, 1.54) is 0 Å². The summed E-state index contributed by atoms with van der Waals surface area (Å²) >= 11 is 0. The lowest BCUT2D eigenvalue weighted by atomic mass is 10.1. The first-order chi connectivity index (χ1) is 8.72. The third kappa shape index (κ3) is 1.95. The number of aromatic nitrogens is 3. The van der Waals surface area contributed by atoms with Crippen LogP contribution >= 0.6 is 0 Å². The van der Waals surface area contributed by atoms with Crippen molar-refractivity contribution in [2.75, 3.05) is 0 Å². The number of aryl methyl sites for hydroxylation is 2. The molecule has 3 aromatic heterocycles. The van der Waals surface area contributed by atoms with Gasteiger partial charge in [-0.15, -0.1) is 0 Å². The Morgan fingerprint density at radius 2 is 1.67 bits per heavy atom. The molecule has 0 amide bonds. The van der Waals surface area contributed by atoms with Crippen LogP contribution in [-0.4, -0.2) is 15.0 Å². The van der Waals surface area contributed by atoms with Crippen molar-refractivity contribution < 1.29 is 0 Å². The van der Waals surface area contributed by atoms with E-state index in [0.717, 1.165) is 33.4 Å². The number of pyridine rings is 3. The molecular weight excluding hydrogens is 222 g/mol. The lowest BCUT2D eigenvalue weighted by molar-refractivity contribution is 1.23. The zero-order chi connectivity index (χ0) is 12.5. The summed E-state index contributed by atoms with van der Waals surface area (Å²) in [6, 6.07) is 8.14. The molecule has 0 saturated heterocycles. The number of nitrogens with zero attached hydrogens (tertiary/aromatic N) is 3. The monoisotopic (exact) mass is 235 g/mol. The number of hydrogen-bond donors (Lipinski definition) is 0. The molecule has 0 N–H and O–H groups in total. The van der Waals surface area contributed by atoms with Gasteiger partial charge in [-0.05, 0) is 43.7 Å². The average Bonchev–Trinajstić information content (AvgIpc) is 2.38. The van der Waals surface area contributed by atoms with Gasteiger partial charge < -0.3 is 0 Å². The van der Waals surface area contributed by atoms with E-state index >= 15 is 0 Å². The van der Waals surface area contributed by atoms with Crippen LogP contribution in [-0.2, 0) is 0 Å². The highest BCUT2D eigenvalue weighted by molar-refractivity contribution is 5.80.